The van der Waals surface area contributed by atoms with E-state index in [1.165, 1.54) is 0 Å². The first-order valence-electron chi connectivity index (χ1n) is 10.8. The smallest absolute Gasteiger partial charge is 0.446 e. The van der Waals surface area contributed by atoms with Crippen molar-refractivity contribution < 1.29 is 37.0 Å². The third kappa shape index (κ3) is 4.24. The molecule has 12 heteroatoms. The van der Waals surface area contributed by atoms with Crippen molar-refractivity contribution in [2.75, 3.05) is 6.54 Å². The molecule has 0 spiro atoms. The van der Waals surface area contributed by atoms with Crippen LogP contribution in [0.2, 0.25) is 0 Å². The SMILES string of the molecule is CC[C@]1(OC(=O)CN)C(=O)OCc2c1cc1n(c2=O)Cc2cc3ccccc3nc2-1.O=CC(F)(F)F. The number of carbonyl (C=O) groups is 3. The molecular weight excluding hydrogens is 483 g/mol. The second-order valence-electron chi connectivity index (χ2n) is 8.10. The number of cyclic esters (lactones) is 1. The summed E-state index contributed by atoms with van der Waals surface area (Å²) in [5.74, 6) is -1.44. The highest BCUT2D eigenvalue weighted by atomic mass is 19.4. The Bertz CT molecular complexity index is 1450. The maximum atomic E-state index is 13.3. The average molecular weight is 503 g/mol. The van der Waals surface area contributed by atoms with Crippen molar-refractivity contribution in [3.8, 4) is 11.4 Å². The first-order valence-corrected chi connectivity index (χ1v) is 10.8. The van der Waals surface area contributed by atoms with Crippen molar-refractivity contribution in [3.63, 3.8) is 0 Å². The van der Waals surface area contributed by atoms with Crippen LogP contribution in [0.15, 0.2) is 41.2 Å². The number of fused-ring (bicyclic) bond motifs is 5. The highest BCUT2D eigenvalue weighted by Crippen LogP contribution is 2.40. The maximum Gasteiger partial charge on any atom is 0.446 e. The van der Waals surface area contributed by atoms with Gasteiger partial charge in [0, 0.05) is 16.5 Å². The van der Waals surface area contributed by atoms with Crippen LogP contribution in [-0.2, 0) is 42.6 Å². The topological polar surface area (TPSA) is 131 Å². The van der Waals surface area contributed by atoms with Crippen LogP contribution in [0.1, 0.15) is 30.0 Å². The van der Waals surface area contributed by atoms with Gasteiger partial charge in [-0.25, -0.2) is 9.78 Å². The summed E-state index contributed by atoms with van der Waals surface area (Å²) in [6.45, 7) is 1.53. The molecule has 1 aromatic carbocycles. The Balaban J connectivity index is 0.000000455. The summed E-state index contributed by atoms with van der Waals surface area (Å²) >= 11 is 0. The van der Waals surface area contributed by atoms with E-state index in [4.69, 9.17) is 25.0 Å². The highest BCUT2D eigenvalue weighted by Gasteiger charge is 2.50. The Labute approximate surface area is 201 Å². The minimum atomic E-state index is -4.64. The molecule has 0 bridgehead atoms. The van der Waals surface area contributed by atoms with E-state index in [1.807, 2.05) is 30.3 Å². The van der Waals surface area contributed by atoms with E-state index in [0.29, 0.717) is 29.1 Å². The summed E-state index contributed by atoms with van der Waals surface area (Å²) in [6, 6.07) is 11.5. The van der Waals surface area contributed by atoms with E-state index in [-0.39, 0.29) is 25.1 Å². The number of nitrogens with two attached hydrogens (primary N) is 1. The summed E-state index contributed by atoms with van der Waals surface area (Å²) in [6.07, 6.45) is -5.58. The van der Waals surface area contributed by atoms with Gasteiger partial charge in [0.1, 0.15) is 6.61 Å². The van der Waals surface area contributed by atoms with E-state index >= 15 is 0 Å². The van der Waals surface area contributed by atoms with Gasteiger partial charge in [-0.3, -0.25) is 14.4 Å². The fraction of sp³-hybridized carbons (Fsp3) is 0.292. The first kappa shape index (κ1) is 25.0. The molecule has 0 aliphatic carbocycles. The van der Waals surface area contributed by atoms with Gasteiger partial charge in [0.15, 0.2) is 0 Å². The number of pyridine rings is 2. The van der Waals surface area contributed by atoms with Crippen LogP contribution in [0.3, 0.4) is 0 Å². The molecule has 36 heavy (non-hydrogen) atoms. The Morgan fingerprint density at radius 2 is 1.97 bits per heavy atom. The van der Waals surface area contributed by atoms with Crippen molar-refractivity contribution in [3.05, 3.63) is 63.4 Å². The lowest BCUT2D eigenvalue weighted by Crippen LogP contribution is -2.48. The summed E-state index contributed by atoms with van der Waals surface area (Å²) < 4.78 is 43.6. The number of hydrogen-bond acceptors (Lipinski definition) is 8. The zero-order valence-corrected chi connectivity index (χ0v) is 18.9. The first-order chi connectivity index (χ1) is 17.0. The quantitative estimate of drug-likeness (QED) is 0.333. The number of aldehydes is 1. The summed E-state index contributed by atoms with van der Waals surface area (Å²) in [7, 11) is 0. The van der Waals surface area contributed by atoms with Gasteiger partial charge in [0.25, 0.3) is 5.56 Å². The molecular formula is C24H20F3N3O6. The number of aromatic nitrogens is 2. The molecule has 9 nitrogen and oxygen atoms in total. The second-order valence-corrected chi connectivity index (χ2v) is 8.10. The number of carbonyl (C=O) groups excluding carboxylic acids is 3. The number of para-hydroxylation sites is 1. The molecule has 2 N–H and O–H groups in total. The molecule has 2 aliphatic rings. The van der Waals surface area contributed by atoms with Crippen molar-refractivity contribution in [2.24, 2.45) is 5.73 Å². The molecule has 0 unspecified atom stereocenters. The third-order valence-corrected chi connectivity index (χ3v) is 5.97. The van der Waals surface area contributed by atoms with Gasteiger partial charge >= 0.3 is 18.1 Å². The van der Waals surface area contributed by atoms with E-state index < -0.39 is 30.0 Å². The second kappa shape index (κ2) is 9.19. The van der Waals surface area contributed by atoms with Gasteiger partial charge in [-0.05, 0) is 24.6 Å². The van der Waals surface area contributed by atoms with Gasteiger partial charge in [0.2, 0.25) is 11.9 Å². The molecule has 0 saturated carbocycles. The van der Waals surface area contributed by atoms with Crippen LogP contribution in [0.5, 0.6) is 0 Å². The molecule has 4 heterocycles. The zero-order valence-electron chi connectivity index (χ0n) is 18.9. The predicted octanol–water partition coefficient (Wildman–Crippen LogP) is 2.34. The number of halogens is 3. The highest BCUT2D eigenvalue weighted by molar-refractivity contribution is 5.88. The third-order valence-electron chi connectivity index (χ3n) is 5.97. The Morgan fingerprint density at radius 1 is 1.28 bits per heavy atom. The molecule has 0 amide bonds. The maximum absolute atomic E-state index is 13.3. The molecule has 0 fully saturated rings. The van der Waals surface area contributed by atoms with Crippen molar-refractivity contribution >= 4 is 29.1 Å². The Hall–Kier alpha value is -4.06. The summed E-state index contributed by atoms with van der Waals surface area (Å²) in [5, 5.41) is 0.986. The minimum absolute atomic E-state index is 0.117. The molecule has 3 aromatic rings. The zero-order chi connectivity index (χ0) is 26.3. The number of hydrogen-bond donors (Lipinski definition) is 1. The number of benzene rings is 1. The van der Waals surface area contributed by atoms with E-state index in [9.17, 15) is 27.6 Å². The Morgan fingerprint density at radius 3 is 2.61 bits per heavy atom. The number of nitrogens with zero attached hydrogens (tertiary/aromatic N) is 2. The largest absolute Gasteiger partial charge is 0.457 e. The van der Waals surface area contributed by atoms with Gasteiger partial charge in [-0.2, -0.15) is 13.2 Å². The van der Waals surface area contributed by atoms with E-state index in [1.54, 1.807) is 17.6 Å². The molecule has 2 aromatic heterocycles. The van der Waals surface area contributed by atoms with Gasteiger partial charge < -0.3 is 19.8 Å². The van der Waals surface area contributed by atoms with Crippen molar-refractivity contribution in [2.45, 2.75) is 38.3 Å². The van der Waals surface area contributed by atoms with Crippen molar-refractivity contribution in [1.29, 1.82) is 0 Å². The molecule has 0 saturated heterocycles. The fourth-order valence-corrected chi connectivity index (χ4v) is 4.32. The van der Waals surface area contributed by atoms with Gasteiger partial charge in [-0.15, -0.1) is 0 Å². The normalized spacial score (nSPS) is 17.8. The van der Waals surface area contributed by atoms with Gasteiger partial charge in [-0.1, -0.05) is 25.1 Å². The lowest BCUT2D eigenvalue weighted by atomic mass is 9.85. The number of ether oxygens (including phenoxy) is 2. The monoisotopic (exact) mass is 503 g/mol. The molecule has 2 aliphatic heterocycles. The lowest BCUT2D eigenvalue weighted by molar-refractivity contribution is -0.188. The number of alkyl halides is 3. The van der Waals surface area contributed by atoms with Crippen molar-refractivity contribution in [1.82, 2.24) is 9.55 Å². The van der Waals surface area contributed by atoms with Crippen LogP contribution in [-0.4, -0.2) is 40.5 Å². The standard InChI is InChI=1S/C22H19N3O5.C2HF3O/c1-2-22(30-18(26)9-23)15-8-17-19-13(7-12-5-3-4-6-16(12)24-19)10-25(17)20(27)14(15)11-29-21(22)28;3-2(4,5)1-6/h3-8H,2,9-11,23H2,1H3;1H/t22-;/m1./s1. The van der Waals surface area contributed by atoms with Crippen LogP contribution in [0, 0.1) is 0 Å². The van der Waals surface area contributed by atoms with Crippen LogP contribution >= 0.6 is 0 Å². The number of rotatable bonds is 3. The number of esters is 2. The van der Waals surface area contributed by atoms with Crippen LogP contribution < -0.4 is 11.3 Å². The summed E-state index contributed by atoms with van der Waals surface area (Å²) in [5.41, 5.74) is 7.09. The average Bonchev–Trinajstić information content (AvgIpc) is 3.22. The predicted molar refractivity (Wildman–Crippen MR) is 120 cm³/mol. The Kier molecular flexibility index (Phi) is 6.39. The van der Waals surface area contributed by atoms with E-state index in [0.717, 1.165) is 16.5 Å². The minimum Gasteiger partial charge on any atom is -0.457 e. The van der Waals surface area contributed by atoms with Gasteiger partial charge in [0.05, 0.1) is 35.6 Å². The van der Waals surface area contributed by atoms with Crippen LogP contribution in [0.4, 0.5) is 13.2 Å². The fourth-order valence-electron chi connectivity index (χ4n) is 4.32. The lowest BCUT2D eigenvalue weighted by Gasteiger charge is -2.35. The molecule has 1 atom stereocenters. The molecule has 188 valence electrons. The molecule has 0 radical (unpaired) electrons. The van der Waals surface area contributed by atoms with Crippen LogP contribution in [0.25, 0.3) is 22.3 Å². The molecule has 5 rings (SSSR count). The summed E-state index contributed by atoms with van der Waals surface area (Å²) in [4.78, 5) is 51.5. The van der Waals surface area contributed by atoms with E-state index in [2.05, 4.69) is 0 Å².